The minimum absolute atomic E-state index is 0.0705. The molecule has 5 atom stereocenters. The molecule has 4 rings (SSSR count). The van der Waals surface area contributed by atoms with Gasteiger partial charge in [-0.1, -0.05) is 39.3 Å². The van der Waals surface area contributed by atoms with Gasteiger partial charge in [-0.3, -0.25) is 0 Å². The summed E-state index contributed by atoms with van der Waals surface area (Å²) in [7, 11) is 0. The summed E-state index contributed by atoms with van der Waals surface area (Å²) >= 11 is 0. The Morgan fingerprint density at radius 2 is 1.83 bits per heavy atom. The molecule has 0 radical (unpaired) electrons. The maximum atomic E-state index is 10.8. The first kappa shape index (κ1) is 16.4. The summed E-state index contributed by atoms with van der Waals surface area (Å²) < 4.78 is 0. The fraction of sp³-hybridized carbons (Fsp3) is 0.727. The summed E-state index contributed by atoms with van der Waals surface area (Å²) in [6.45, 7) is 9.52. The number of benzene rings is 1. The molecule has 2 saturated carbocycles. The number of phenolic OH excluding ortho intramolecular Hbond substituents is 1. The van der Waals surface area contributed by atoms with E-state index in [2.05, 4.69) is 32.9 Å². The number of hydrogen-bond donors (Lipinski definition) is 2. The van der Waals surface area contributed by atoms with Gasteiger partial charge in [-0.25, -0.2) is 0 Å². The zero-order chi connectivity index (χ0) is 17.3. The summed E-state index contributed by atoms with van der Waals surface area (Å²) in [5.41, 5.74) is 4.03. The first-order valence-corrected chi connectivity index (χ1v) is 9.69. The summed E-state index contributed by atoms with van der Waals surface area (Å²) in [5.74, 6) is 1.72. The van der Waals surface area contributed by atoms with E-state index in [1.165, 1.54) is 30.4 Å². The molecule has 0 aliphatic heterocycles. The number of aromatic hydroxyl groups is 1. The largest absolute Gasteiger partial charge is 0.507 e. The van der Waals surface area contributed by atoms with Gasteiger partial charge in [-0.05, 0) is 72.8 Å². The summed E-state index contributed by atoms with van der Waals surface area (Å²) in [6.07, 6.45) is 7.04. The van der Waals surface area contributed by atoms with Crippen molar-refractivity contribution in [1.82, 2.24) is 0 Å². The van der Waals surface area contributed by atoms with Gasteiger partial charge in [0.1, 0.15) is 5.75 Å². The Hall–Kier alpha value is -1.02. The van der Waals surface area contributed by atoms with Crippen molar-refractivity contribution >= 4 is 0 Å². The van der Waals surface area contributed by atoms with Gasteiger partial charge in [0.15, 0.2) is 0 Å². The zero-order valence-corrected chi connectivity index (χ0v) is 15.7. The third-order valence-electron chi connectivity index (χ3n) is 8.44. The quantitative estimate of drug-likeness (QED) is 0.782. The first-order valence-electron chi connectivity index (χ1n) is 9.69. The minimum atomic E-state index is 0.0705. The summed E-state index contributed by atoms with van der Waals surface area (Å²) in [5, 5.41) is 20.9. The Morgan fingerprint density at radius 1 is 1.08 bits per heavy atom. The normalized spacial score (nSPS) is 43.9. The highest BCUT2D eigenvalue weighted by atomic mass is 16.3. The van der Waals surface area contributed by atoms with Crippen LogP contribution in [-0.2, 0) is 11.8 Å². The number of hydrogen-bond acceptors (Lipinski definition) is 2. The molecule has 1 aromatic carbocycles. The molecule has 2 heteroatoms. The second-order valence-electron chi connectivity index (χ2n) is 9.70. The topological polar surface area (TPSA) is 40.5 Å². The van der Waals surface area contributed by atoms with Crippen LogP contribution < -0.4 is 0 Å². The molecule has 2 N–H and O–H groups in total. The SMILES string of the molecule is Cc1ccc2c(c1O)[C@@]1(C)CC[C@H]3[C@@](C)(CO)CCC[C@]3(C)[C@H]1C2. The van der Waals surface area contributed by atoms with Crippen LogP contribution in [0.5, 0.6) is 5.75 Å². The van der Waals surface area contributed by atoms with Gasteiger partial charge in [-0.15, -0.1) is 0 Å². The van der Waals surface area contributed by atoms with Crippen LogP contribution in [-0.4, -0.2) is 16.8 Å². The van der Waals surface area contributed by atoms with Crippen LogP contribution in [0, 0.1) is 29.6 Å². The molecule has 0 bridgehead atoms. The highest BCUT2D eigenvalue weighted by molar-refractivity contribution is 5.54. The molecule has 3 aliphatic rings. The Kier molecular flexibility index (Phi) is 3.43. The van der Waals surface area contributed by atoms with Crippen LogP contribution in [0.4, 0.5) is 0 Å². The van der Waals surface area contributed by atoms with Crippen LogP contribution in [0.1, 0.15) is 69.6 Å². The van der Waals surface area contributed by atoms with Gasteiger partial charge < -0.3 is 10.2 Å². The lowest BCUT2D eigenvalue weighted by molar-refractivity contribution is -0.121. The average Bonchev–Trinajstić information content (AvgIpc) is 2.85. The smallest absolute Gasteiger partial charge is 0.122 e. The van der Waals surface area contributed by atoms with Crippen molar-refractivity contribution < 1.29 is 10.2 Å². The van der Waals surface area contributed by atoms with Crippen LogP contribution in [0.2, 0.25) is 0 Å². The number of aryl methyl sites for hydroxylation is 1. The summed E-state index contributed by atoms with van der Waals surface area (Å²) in [6, 6.07) is 4.33. The molecule has 0 heterocycles. The standard InChI is InChI=1S/C22H32O2/c1-14-6-7-15-12-17-21(3)10-5-9-20(2,13-23)16(21)8-11-22(17,4)18(15)19(14)24/h6-7,16-17,23-24H,5,8-13H2,1-4H3/t16-,17+,20+,21-,22-/m0/s1. The molecule has 132 valence electrons. The van der Waals surface area contributed by atoms with E-state index in [0.717, 1.165) is 24.8 Å². The van der Waals surface area contributed by atoms with Crippen LogP contribution >= 0.6 is 0 Å². The minimum Gasteiger partial charge on any atom is -0.507 e. The van der Waals surface area contributed by atoms with Crippen molar-refractivity contribution in [2.45, 2.75) is 71.6 Å². The van der Waals surface area contributed by atoms with E-state index < -0.39 is 0 Å². The fourth-order valence-corrected chi connectivity index (χ4v) is 7.17. The lowest BCUT2D eigenvalue weighted by Crippen LogP contribution is -2.56. The highest BCUT2D eigenvalue weighted by Crippen LogP contribution is 2.68. The molecule has 2 fully saturated rings. The summed E-state index contributed by atoms with van der Waals surface area (Å²) in [4.78, 5) is 0. The van der Waals surface area contributed by atoms with Crippen molar-refractivity contribution in [3.63, 3.8) is 0 Å². The maximum Gasteiger partial charge on any atom is 0.122 e. The average molecular weight is 328 g/mol. The molecule has 0 aromatic heterocycles. The first-order chi connectivity index (χ1) is 11.3. The Bertz CT molecular complexity index is 681. The van der Waals surface area contributed by atoms with E-state index >= 15 is 0 Å². The van der Waals surface area contributed by atoms with Crippen LogP contribution in [0.25, 0.3) is 0 Å². The van der Waals surface area contributed by atoms with Gasteiger partial charge in [-0.2, -0.15) is 0 Å². The molecule has 3 aliphatic carbocycles. The predicted octanol–water partition coefficient (Wildman–Crippen LogP) is 4.73. The van der Waals surface area contributed by atoms with Crippen molar-refractivity contribution in [3.05, 3.63) is 28.8 Å². The lowest BCUT2D eigenvalue weighted by Gasteiger charge is -2.61. The Labute approximate surface area is 146 Å². The zero-order valence-electron chi connectivity index (χ0n) is 15.7. The third kappa shape index (κ3) is 1.87. The Balaban J connectivity index is 1.83. The van der Waals surface area contributed by atoms with Gasteiger partial charge in [0.25, 0.3) is 0 Å². The van der Waals surface area contributed by atoms with E-state index in [9.17, 15) is 10.2 Å². The van der Waals surface area contributed by atoms with E-state index in [1.807, 2.05) is 6.92 Å². The molecule has 2 nitrogen and oxygen atoms in total. The monoisotopic (exact) mass is 328 g/mol. The van der Waals surface area contributed by atoms with Gasteiger partial charge >= 0.3 is 0 Å². The number of aliphatic hydroxyl groups excluding tert-OH is 1. The molecule has 24 heavy (non-hydrogen) atoms. The molecule has 1 aromatic rings. The van der Waals surface area contributed by atoms with E-state index in [-0.39, 0.29) is 16.2 Å². The van der Waals surface area contributed by atoms with Crippen molar-refractivity contribution in [1.29, 1.82) is 0 Å². The highest BCUT2D eigenvalue weighted by Gasteiger charge is 2.62. The molecule has 0 amide bonds. The lowest BCUT2D eigenvalue weighted by atomic mass is 9.43. The second-order valence-corrected chi connectivity index (χ2v) is 9.70. The third-order valence-corrected chi connectivity index (χ3v) is 8.44. The number of rotatable bonds is 1. The van der Waals surface area contributed by atoms with Crippen molar-refractivity contribution in [3.8, 4) is 5.75 Å². The van der Waals surface area contributed by atoms with E-state index in [4.69, 9.17) is 0 Å². The number of aliphatic hydroxyl groups is 1. The van der Waals surface area contributed by atoms with Gasteiger partial charge in [0, 0.05) is 17.6 Å². The van der Waals surface area contributed by atoms with Crippen molar-refractivity contribution in [2.24, 2.45) is 22.7 Å². The van der Waals surface area contributed by atoms with E-state index in [1.54, 1.807) is 0 Å². The van der Waals surface area contributed by atoms with Gasteiger partial charge in [0.2, 0.25) is 0 Å². The van der Waals surface area contributed by atoms with Crippen molar-refractivity contribution in [2.75, 3.05) is 6.61 Å². The van der Waals surface area contributed by atoms with Crippen LogP contribution in [0.3, 0.4) is 0 Å². The Morgan fingerprint density at radius 3 is 2.54 bits per heavy atom. The molecule has 0 unspecified atom stereocenters. The second kappa shape index (κ2) is 5.00. The fourth-order valence-electron chi connectivity index (χ4n) is 7.17. The predicted molar refractivity (Wildman–Crippen MR) is 97.3 cm³/mol. The molecule has 0 saturated heterocycles. The molecular weight excluding hydrogens is 296 g/mol. The molecular formula is C22H32O2. The van der Waals surface area contributed by atoms with Gasteiger partial charge in [0.05, 0.1) is 0 Å². The number of fused-ring (bicyclic) bond motifs is 5. The maximum absolute atomic E-state index is 10.8. The van der Waals surface area contributed by atoms with Crippen LogP contribution in [0.15, 0.2) is 12.1 Å². The molecule has 0 spiro atoms. The number of phenols is 1. The van der Waals surface area contributed by atoms with E-state index in [0.29, 0.717) is 24.2 Å².